The second kappa shape index (κ2) is 3.13. The molecule has 0 aromatic rings. The minimum absolute atomic E-state index is 0.556. The molecular formula is C12H21N. The van der Waals surface area contributed by atoms with E-state index >= 15 is 0 Å². The predicted molar refractivity (Wildman–Crippen MR) is 56.6 cm³/mol. The van der Waals surface area contributed by atoms with Crippen molar-refractivity contribution >= 4 is 0 Å². The third-order valence-corrected chi connectivity index (χ3v) is 4.03. The molecule has 0 heterocycles. The number of fused-ring (bicyclic) bond motifs is 2. The maximum atomic E-state index is 3.50. The van der Waals surface area contributed by atoms with Gasteiger partial charge in [-0.25, -0.2) is 0 Å². The van der Waals surface area contributed by atoms with Gasteiger partial charge in [0.15, 0.2) is 0 Å². The molecule has 1 saturated carbocycles. The summed E-state index contributed by atoms with van der Waals surface area (Å²) in [6.07, 6.45) is 5.35. The Bertz CT molecular complexity index is 231. The third kappa shape index (κ3) is 1.43. The Labute approximate surface area is 81.6 Å². The molecule has 0 aliphatic heterocycles. The Kier molecular flexibility index (Phi) is 2.23. The van der Waals surface area contributed by atoms with E-state index in [0.717, 1.165) is 18.4 Å². The lowest BCUT2D eigenvalue weighted by Crippen LogP contribution is -2.35. The summed E-state index contributed by atoms with van der Waals surface area (Å²) >= 11 is 0. The SMILES string of the molecule is CCNCC1(C)CC2CC1C=C2C. The van der Waals surface area contributed by atoms with Crippen molar-refractivity contribution in [1.29, 1.82) is 0 Å². The highest BCUT2D eigenvalue weighted by Crippen LogP contribution is 2.54. The molecule has 2 rings (SSSR count). The average Bonchev–Trinajstić information content (AvgIpc) is 2.58. The molecule has 0 aromatic carbocycles. The van der Waals surface area contributed by atoms with Crippen LogP contribution in [0.5, 0.6) is 0 Å². The normalized spacial score (nSPS) is 42.5. The van der Waals surface area contributed by atoms with Crippen molar-refractivity contribution in [2.75, 3.05) is 13.1 Å². The monoisotopic (exact) mass is 179 g/mol. The van der Waals surface area contributed by atoms with E-state index in [0.29, 0.717) is 5.41 Å². The van der Waals surface area contributed by atoms with Gasteiger partial charge in [-0.3, -0.25) is 0 Å². The molecule has 1 heteroatoms. The summed E-state index contributed by atoms with van der Waals surface area (Å²) in [6, 6.07) is 0. The first kappa shape index (κ1) is 9.26. The minimum Gasteiger partial charge on any atom is -0.316 e. The fraction of sp³-hybridized carbons (Fsp3) is 0.833. The van der Waals surface area contributed by atoms with Gasteiger partial charge in [0.05, 0.1) is 0 Å². The smallest absolute Gasteiger partial charge is 0.00109 e. The van der Waals surface area contributed by atoms with Crippen molar-refractivity contribution in [2.45, 2.75) is 33.6 Å². The molecule has 0 spiro atoms. The number of hydrogen-bond donors (Lipinski definition) is 1. The van der Waals surface area contributed by atoms with Crippen molar-refractivity contribution in [3.63, 3.8) is 0 Å². The summed E-state index contributed by atoms with van der Waals surface area (Å²) in [4.78, 5) is 0. The first-order valence-corrected chi connectivity index (χ1v) is 5.55. The molecular weight excluding hydrogens is 158 g/mol. The summed E-state index contributed by atoms with van der Waals surface area (Å²) in [5, 5.41) is 3.50. The zero-order valence-corrected chi connectivity index (χ0v) is 9.06. The quantitative estimate of drug-likeness (QED) is 0.657. The number of nitrogens with one attached hydrogen (secondary N) is 1. The van der Waals surface area contributed by atoms with E-state index < -0.39 is 0 Å². The van der Waals surface area contributed by atoms with Crippen LogP contribution < -0.4 is 5.32 Å². The third-order valence-electron chi connectivity index (χ3n) is 4.03. The molecule has 2 aliphatic rings. The van der Waals surface area contributed by atoms with Crippen LogP contribution in [0.2, 0.25) is 0 Å². The second-order valence-corrected chi connectivity index (χ2v) is 5.09. The Morgan fingerprint density at radius 2 is 2.38 bits per heavy atom. The van der Waals surface area contributed by atoms with Gasteiger partial charge in [-0.1, -0.05) is 25.5 Å². The standard InChI is InChI=1S/C12H21N/c1-4-13-8-12(3)7-10-6-11(12)5-9(10)2/h5,10-11,13H,4,6-8H2,1-3H3. The molecule has 1 N–H and O–H groups in total. The maximum absolute atomic E-state index is 3.50. The molecule has 0 radical (unpaired) electrons. The van der Waals surface area contributed by atoms with Crippen LogP contribution in [0.1, 0.15) is 33.6 Å². The fourth-order valence-corrected chi connectivity index (χ4v) is 3.07. The summed E-state index contributed by atoms with van der Waals surface area (Å²) in [5.41, 5.74) is 2.21. The first-order chi connectivity index (χ1) is 6.15. The second-order valence-electron chi connectivity index (χ2n) is 5.09. The number of allylic oxidation sites excluding steroid dienone is 2. The van der Waals surface area contributed by atoms with Crippen LogP contribution >= 0.6 is 0 Å². The molecule has 0 saturated heterocycles. The van der Waals surface area contributed by atoms with Crippen molar-refractivity contribution < 1.29 is 0 Å². The van der Waals surface area contributed by atoms with Gasteiger partial charge in [-0.2, -0.15) is 0 Å². The molecule has 0 aromatic heterocycles. The fourth-order valence-electron chi connectivity index (χ4n) is 3.07. The lowest BCUT2D eigenvalue weighted by molar-refractivity contribution is 0.248. The number of rotatable bonds is 3. The molecule has 3 atom stereocenters. The highest BCUT2D eigenvalue weighted by molar-refractivity contribution is 5.22. The Morgan fingerprint density at radius 3 is 2.85 bits per heavy atom. The molecule has 1 fully saturated rings. The van der Waals surface area contributed by atoms with Crippen LogP contribution in [0.4, 0.5) is 0 Å². The van der Waals surface area contributed by atoms with Crippen molar-refractivity contribution in [2.24, 2.45) is 17.3 Å². The zero-order valence-electron chi connectivity index (χ0n) is 9.06. The van der Waals surface area contributed by atoms with Gasteiger partial charge < -0.3 is 5.32 Å². The van der Waals surface area contributed by atoms with Crippen LogP contribution in [0, 0.1) is 17.3 Å². The largest absolute Gasteiger partial charge is 0.316 e. The van der Waals surface area contributed by atoms with E-state index in [1.54, 1.807) is 5.57 Å². The zero-order chi connectivity index (χ0) is 9.47. The molecule has 2 aliphatic carbocycles. The Balaban J connectivity index is 2.03. The van der Waals surface area contributed by atoms with E-state index in [-0.39, 0.29) is 0 Å². The summed E-state index contributed by atoms with van der Waals surface area (Å²) in [5.74, 6) is 1.77. The Morgan fingerprint density at radius 1 is 1.62 bits per heavy atom. The highest BCUT2D eigenvalue weighted by Gasteiger charge is 2.46. The molecule has 2 bridgehead atoms. The lowest BCUT2D eigenvalue weighted by Gasteiger charge is -2.32. The molecule has 1 nitrogen and oxygen atoms in total. The van der Waals surface area contributed by atoms with Crippen molar-refractivity contribution in [3.05, 3.63) is 11.6 Å². The summed E-state index contributed by atoms with van der Waals surface area (Å²) < 4.78 is 0. The van der Waals surface area contributed by atoms with Gasteiger partial charge in [0.25, 0.3) is 0 Å². The van der Waals surface area contributed by atoms with E-state index in [9.17, 15) is 0 Å². The van der Waals surface area contributed by atoms with E-state index in [2.05, 4.69) is 32.2 Å². The summed E-state index contributed by atoms with van der Waals surface area (Å²) in [6.45, 7) is 9.25. The molecule has 13 heavy (non-hydrogen) atoms. The molecule has 3 unspecified atom stereocenters. The Hall–Kier alpha value is -0.300. The van der Waals surface area contributed by atoms with Gasteiger partial charge in [-0.05, 0) is 43.6 Å². The molecule has 74 valence electrons. The predicted octanol–water partition coefficient (Wildman–Crippen LogP) is 2.59. The van der Waals surface area contributed by atoms with Gasteiger partial charge >= 0.3 is 0 Å². The highest BCUT2D eigenvalue weighted by atomic mass is 14.9. The van der Waals surface area contributed by atoms with Crippen LogP contribution in [-0.4, -0.2) is 13.1 Å². The average molecular weight is 179 g/mol. The number of hydrogen-bond acceptors (Lipinski definition) is 1. The van der Waals surface area contributed by atoms with E-state index in [1.807, 2.05) is 0 Å². The van der Waals surface area contributed by atoms with Crippen LogP contribution in [0.25, 0.3) is 0 Å². The van der Waals surface area contributed by atoms with Gasteiger partial charge in [0.2, 0.25) is 0 Å². The van der Waals surface area contributed by atoms with Gasteiger partial charge in [0, 0.05) is 6.54 Å². The van der Waals surface area contributed by atoms with Crippen LogP contribution in [0.3, 0.4) is 0 Å². The first-order valence-electron chi connectivity index (χ1n) is 5.55. The maximum Gasteiger partial charge on any atom is 0.00109 e. The lowest BCUT2D eigenvalue weighted by atomic mass is 9.76. The van der Waals surface area contributed by atoms with Gasteiger partial charge in [0.1, 0.15) is 0 Å². The summed E-state index contributed by atoms with van der Waals surface area (Å²) in [7, 11) is 0. The van der Waals surface area contributed by atoms with Crippen molar-refractivity contribution in [1.82, 2.24) is 5.32 Å². The van der Waals surface area contributed by atoms with Gasteiger partial charge in [-0.15, -0.1) is 0 Å². The van der Waals surface area contributed by atoms with Crippen LogP contribution in [-0.2, 0) is 0 Å². The minimum atomic E-state index is 0.556. The topological polar surface area (TPSA) is 12.0 Å². The van der Waals surface area contributed by atoms with E-state index in [4.69, 9.17) is 0 Å². The van der Waals surface area contributed by atoms with Crippen LogP contribution in [0.15, 0.2) is 11.6 Å². The van der Waals surface area contributed by atoms with E-state index in [1.165, 1.54) is 19.4 Å². The van der Waals surface area contributed by atoms with Crippen molar-refractivity contribution in [3.8, 4) is 0 Å². The molecule has 0 amide bonds.